The van der Waals surface area contributed by atoms with E-state index in [2.05, 4.69) is 20.8 Å². The van der Waals surface area contributed by atoms with Gasteiger partial charge in [0.2, 0.25) is 12.3 Å². The van der Waals surface area contributed by atoms with E-state index in [4.69, 9.17) is 15.3 Å². The zero-order valence-electron chi connectivity index (χ0n) is 18.6. The maximum atomic E-state index is 13.1. The van der Waals surface area contributed by atoms with Gasteiger partial charge in [0.15, 0.2) is 10.8 Å². The Labute approximate surface area is 212 Å². The molecule has 0 radical (unpaired) electrons. The molecule has 1 aromatic rings. The number of rotatable bonds is 10. The summed E-state index contributed by atoms with van der Waals surface area (Å²) in [4.78, 5) is 70.5. The van der Waals surface area contributed by atoms with Crippen LogP contribution in [0.2, 0.25) is 0 Å². The molecule has 16 heteroatoms. The predicted molar refractivity (Wildman–Crippen MR) is 127 cm³/mol. The standard InChI is InChI=1S/C20H22N6O8S2/c21-18(32)33-7-20(17(30)31)6-26-15(29)13(16(26)36-8-20)24-14(28)12(25-34-10-3-1-2-4-10)11-5-35-19(23-11)22-9-27/h1,3,5,9-10,13,16H,2,4,6-8H2,(H2,21,32)(H,24,28)(H,30,31)(H,22,23,27)/t10?,13?,16-,20?/m1/s1. The number of β-lactam (4-membered cyclic amide) rings is 1. The number of ether oxygens (including phenoxy) is 1. The molecule has 4 rings (SSSR count). The molecular weight excluding hydrogens is 516 g/mol. The summed E-state index contributed by atoms with van der Waals surface area (Å²) in [6.45, 7) is -0.688. The van der Waals surface area contributed by atoms with Gasteiger partial charge < -0.3 is 35.9 Å². The molecule has 2 fully saturated rings. The first kappa shape index (κ1) is 25.4. The Balaban J connectivity index is 1.46. The number of amides is 4. The van der Waals surface area contributed by atoms with E-state index in [1.54, 1.807) is 0 Å². The van der Waals surface area contributed by atoms with E-state index < -0.39 is 47.3 Å². The van der Waals surface area contributed by atoms with Gasteiger partial charge in [-0.2, -0.15) is 0 Å². The van der Waals surface area contributed by atoms with Crippen LogP contribution in [0, 0.1) is 5.41 Å². The van der Waals surface area contributed by atoms with Gasteiger partial charge in [0.1, 0.15) is 35.2 Å². The van der Waals surface area contributed by atoms with Crippen molar-refractivity contribution in [1.29, 1.82) is 0 Å². The van der Waals surface area contributed by atoms with E-state index in [0.717, 1.165) is 29.5 Å². The molecule has 3 unspecified atom stereocenters. The number of primary amides is 1. The number of oxime groups is 1. The van der Waals surface area contributed by atoms with Crippen LogP contribution in [0.5, 0.6) is 0 Å². The highest BCUT2D eigenvalue weighted by Gasteiger charge is 2.58. The van der Waals surface area contributed by atoms with Crippen LogP contribution >= 0.6 is 23.1 Å². The number of carboxylic acid groups (broad SMARTS) is 1. The molecule has 2 aliphatic heterocycles. The summed E-state index contributed by atoms with van der Waals surface area (Å²) in [6, 6.07) is -0.936. The first-order valence-electron chi connectivity index (χ1n) is 10.7. The van der Waals surface area contributed by atoms with Crippen molar-refractivity contribution in [2.45, 2.75) is 30.4 Å². The molecule has 5 N–H and O–H groups in total. The number of aromatic nitrogens is 1. The van der Waals surface area contributed by atoms with E-state index in [0.29, 0.717) is 12.8 Å². The molecule has 0 spiro atoms. The first-order valence-corrected chi connectivity index (χ1v) is 12.6. The fourth-order valence-corrected chi connectivity index (χ4v) is 6.02. The third-order valence-electron chi connectivity index (χ3n) is 5.77. The van der Waals surface area contributed by atoms with E-state index in [1.807, 2.05) is 12.2 Å². The third kappa shape index (κ3) is 5.13. The van der Waals surface area contributed by atoms with Gasteiger partial charge in [0.25, 0.3) is 5.91 Å². The van der Waals surface area contributed by atoms with E-state index in [1.165, 1.54) is 10.3 Å². The lowest BCUT2D eigenvalue weighted by Gasteiger charge is -2.53. The highest BCUT2D eigenvalue weighted by atomic mass is 32.2. The SMILES string of the molecule is NC(=O)OCC1(C(=O)O)CS[C@@H]2C(NC(=O)C(=NOC3C=CCC3)c3csc(NC=O)n3)C(=O)N2C1. The molecule has 0 saturated carbocycles. The molecule has 4 amide bonds. The van der Waals surface area contributed by atoms with E-state index in [-0.39, 0.29) is 34.9 Å². The fraction of sp³-hybridized carbons (Fsp3) is 0.450. The number of carboxylic acids is 1. The average molecular weight is 539 g/mol. The van der Waals surface area contributed by atoms with Gasteiger partial charge >= 0.3 is 12.1 Å². The summed E-state index contributed by atoms with van der Waals surface area (Å²) in [6.07, 6.45) is 4.31. The maximum absolute atomic E-state index is 13.1. The van der Waals surface area contributed by atoms with Crippen LogP contribution in [0.3, 0.4) is 0 Å². The lowest BCUT2D eigenvalue weighted by atomic mass is 9.88. The van der Waals surface area contributed by atoms with Crippen LogP contribution in [0.4, 0.5) is 9.93 Å². The van der Waals surface area contributed by atoms with Crippen LogP contribution in [-0.4, -0.2) is 87.4 Å². The number of nitrogens with zero attached hydrogens (tertiary/aromatic N) is 3. The van der Waals surface area contributed by atoms with Crippen LogP contribution in [0.25, 0.3) is 0 Å². The van der Waals surface area contributed by atoms with Crippen molar-refractivity contribution in [3.8, 4) is 0 Å². The largest absolute Gasteiger partial charge is 0.481 e. The van der Waals surface area contributed by atoms with E-state index >= 15 is 0 Å². The Morgan fingerprint density at radius 2 is 2.22 bits per heavy atom. The smallest absolute Gasteiger partial charge is 0.404 e. The van der Waals surface area contributed by atoms with E-state index in [9.17, 15) is 29.1 Å². The van der Waals surface area contributed by atoms with Gasteiger partial charge in [-0.15, -0.1) is 23.1 Å². The van der Waals surface area contributed by atoms with Crippen molar-refractivity contribution < 1.29 is 38.7 Å². The second-order valence-corrected chi connectivity index (χ2v) is 10.2. The number of carbonyl (C=O) groups excluding carboxylic acids is 4. The van der Waals surface area contributed by atoms with Crippen LogP contribution in [0.1, 0.15) is 18.5 Å². The zero-order chi connectivity index (χ0) is 25.9. The van der Waals surface area contributed by atoms with Gasteiger partial charge in [0.05, 0.1) is 0 Å². The summed E-state index contributed by atoms with van der Waals surface area (Å²) >= 11 is 2.22. The fourth-order valence-electron chi connectivity index (χ4n) is 3.84. The quantitative estimate of drug-likeness (QED) is 0.101. The lowest BCUT2D eigenvalue weighted by Crippen LogP contribution is -2.74. The minimum absolute atomic E-state index is 0.0291. The molecule has 1 aromatic heterocycles. The minimum atomic E-state index is -1.52. The molecule has 3 heterocycles. The number of aliphatic carboxylic acids is 1. The van der Waals surface area contributed by atoms with Crippen molar-refractivity contribution in [3.05, 3.63) is 23.2 Å². The number of thioether (sulfide) groups is 1. The van der Waals surface area contributed by atoms with Gasteiger partial charge in [-0.25, -0.2) is 9.78 Å². The van der Waals surface area contributed by atoms with Gasteiger partial charge in [0, 0.05) is 17.7 Å². The molecule has 192 valence electrons. The molecule has 2 saturated heterocycles. The third-order valence-corrected chi connectivity index (χ3v) is 8.13. The second kappa shape index (κ2) is 10.5. The molecule has 14 nitrogen and oxygen atoms in total. The molecule has 1 aliphatic carbocycles. The van der Waals surface area contributed by atoms with Crippen molar-refractivity contribution in [2.75, 3.05) is 24.2 Å². The molecule has 0 bridgehead atoms. The zero-order valence-corrected chi connectivity index (χ0v) is 20.3. The van der Waals surface area contributed by atoms with Crippen molar-refractivity contribution in [1.82, 2.24) is 15.2 Å². The summed E-state index contributed by atoms with van der Waals surface area (Å²) in [5.74, 6) is -2.41. The monoisotopic (exact) mass is 538 g/mol. The molecule has 3 aliphatic rings. The number of carbonyl (C=O) groups is 5. The molecule has 4 atom stereocenters. The summed E-state index contributed by atoms with van der Waals surface area (Å²) in [5.41, 5.74) is 3.43. The Bertz CT molecular complexity index is 1140. The van der Waals surface area contributed by atoms with Crippen LogP contribution in [0.15, 0.2) is 22.7 Å². The topological polar surface area (TPSA) is 203 Å². The number of hydrogen-bond donors (Lipinski definition) is 4. The average Bonchev–Trinajstić information content (AvgIpc) is 3.54. The number of allylic oxidation sites excluding steroid dienone is 1. The van der Waals surface area contributed by atoms with Crippen molar-refractivity contribution in [3.63, 3.8) is 0 Å². The number of nitrogens with one attached hydrogen (secondary N) is 2. The summed E-state index contributed by atoms with van der Waals surface area (Å²) < 4.78 is 4.72. The van der Waals surface area contributed by atoms with Gasteiger partial charge in [-0.1, -0.05) is 11.2 Å². The molecular formula is C20H22N6O8S2. The molecule has 0 aromatic carbocycles. The van der Waals surface area contributed by atoms with Crippen LogP contribution in [-0.2, 0) is 28.8 Å². The molecule has 36 heavy (non-hydrogen) atoms. The highest BCUT2D eigenvalue weighted by Crippen LogP contribution is 2.42. The minimum Gasteiger partial charge on any atom is -0.481 e. The summed E-state index contributed by atoms with van der Waals surface area (Å²) in [7, 11) is 0. The number of anilines is 1. The van der Waals surface area contributed by atoms with Crippen molar-refractivity contribution in [2.24, 2.45) is 16.3 Å². The number of fused-ring (bicyclic) bond motifs is 1. The maximum Gasteiger partial charge on any atom is 0.404 e. The number of hydrogen-bond acceptors (Lipinski definition) is 11. The number of nitrogens with two attached hydrogens (primary N) is 1. The Kier molecular flexibility index (Phi) is 7.44. The normalized spacial score (nSPS) is 27.0. The number of thiazole rings is 1. The van der Waals surface area contributed by atoms with Crippen molar-refractivity contribution >= 4 is 64.2 Å². The lowest BCUT2D eigenvalue weighted by molar-refractivity contribution is -0.160. The Morgan fingerprint density at radius 1 is 1.42 bits per heavy atom. The Hall–Kier alpha value is -3.66. The second-order valence-electron chi connectivity index (χ2n) is 8.20. The summed E-state index contributed by atoms with van der Waals surface area (Å²) in [5, 5.41) is 20.0. The van der Waals surface area contributed by atoms with Gasteiger partial charge in [-0.3, -0.25) is 19.2 Å². The first-order chi connectivity index (χ1) is 17.2. The highest BCUT2D eigenvalue weighted by molar-refractivity contribution is 8.00. The van der Waals surface area contributed by atoms with Gasteiger partial charge in [-0.05, 0) is 18.9 Å². The van der Waals surface area contributed by atoms with Crippen LogP contribution < -0.4 is 16.4 Å². The Morgan fingerprint density at radius 3 is 2.89 bits per heavy atom. The predicted octanol–water partition coefficient (Wildman–Crippen LogP) is -0.283.